The normalized spacial score (nSPS) is 23.8. The lowest BCUT2D eigenvalue weighted by molar-refractivity contribution is -0.385. The summed E-state index contributed by atoms with van der Waals surface area (Å²) >= 11 is 3.21. The first kappa shape index (κ1) is 22.6. The molecular formula is C22H26IN3O4S. The second kappa shape index (κ2) is 9.89. The zero-order valence-corrected chi connectivity index (χ0v) is 20.2. The van der Waals surface area contributed by atoms with Crippen LogP contribution in [0.1, 0.15) is 69.8 Å². The lowest BCUT2D eigenvalue weighted by Crippen LogP contribution is -2.41. The number of nitro groups is 1. The summed E-state index contributed by atoms with van der Waals surface area (Å²) in [4.78, 5) is 31.5. The van der Waals surface area contributed by atoms with Crippen LogP contribution in [-0.2, 0) is 4.79 Å². The first-order valence-corrected chi connectivity index (χ1v) is 12.8. The maximum atomic E-state index is 13.4. The molecule has 0 spiro atoms. The molecule has 3 fully saturated rings. The molecular weight excluding hydrogens is 529 g/mol. The lowest BCUT2D eigenvalue weighted by Gasteiger charge is -2.31. The van der Waals surface area contributed by atoms with E-state index in [9.17, 15) is 20.0 Å². The number of aromatic hydroxyl groups is 1. The molecule has 3 aliphatic rings. The smallest absolute Gasteiger partial charge is 0.271 e. The Labute approximate surface area is 199 Å². The molecule has 166 valence electrons. The number of carbonyl (C=O) groups is 1. The first-order chi connectivity index (χ1) is 14.9. The molecule has 0 atom stereocenters. The van der Waals surface area contributed by atoms with Gasteiger partial charge >= 0.3 is 0 Å². The number of hydrogen-bond acceptors (Lipinski definition) is 6. The van der Waals surface area contributed by atoms with Crippen LogP contribution in [0, 0.1) is 13.7 Å². The number of aliphatic imine (C=N–C) groups is 1. The van der Waals surface area contributed by atoms with Crippen molar-refractivity contribution in [2.75, 3.05) is 0 Å². The van der Waals surface area contributed by atoms with E-state index in [4.69, 9.17) is 4.99 Å². The molecule has 7 nitrogen and oxygen atoms in total. The summed E-state index contributed by atoms with van der Waals surface area (Å²) in [5.74, 6) is -0.152. The summed E-state index contributed by atoms with van der Waals surface area (Å²) < 4.78 is 0.384. The Hall–Kier alpha value is -1.62. The lowest BCUT2D eigenvalue weighted by atomic mass is 9.94. The van der Waals surface area contributed by atoms with Gasteiger partial charge in [0.2, 0.25) is 0 Å². The number of rotatable bonds is 4. The maximum absolute atomic E-state index is 13.4. The minimum absolute atomic E-state index is 0.0472. The fourth-order valence-electron chi connectivity index (χ4n) is 4.57. The summed E-state index contributed by atoms with van der Waals surface area (Å²) in [7, 11) is 0. The van der Waals surface area contributed by atoms with Crippen LogP contribution in [0.15, 0.2) is 22.0 Å². The van der Waals surface area contributed by atoms with Gasteiger partial charge in [0.05, 0.1) is 19.4 Å². The number of thioether (sulfide) groups is 1. The van der Waals surface area contributed by atoms with E-state index in [-0.39, 0.29) is 35.0 Å². The van der Waals surface area contributed by atoms with Crippen molar-refractivity contribution in [1.29, 1.82) is 0 Å². The Bertz CT molecular complexity index is 937. The highest BCUT2D eigenvalue weighted by Crippen LogP contribution is 2.40. The molecule has 9 heteroatoms. The summed E-state index contributed by atoms with van der Waals surface area (Å²) in [5, 5.41) is 22.5. The van der Waals surface area contributed by atoms with Gasteiger partial charge in [0.25, 0.3) is 11.6 Å². The number of benzene rings is 1. The van der Waals surface area contributed by atoms with Gasteiger partial charge in [-0.25, -0.2) is 0 Å². The summed E-state index contributed by atoms with van der Waals surface area (Å²) in [6.07, 6.45) is 12.7. The standard InChI is InChI=1S/C22H26IN3O4S/c23-18-13-17(26(29)30)11-14(20(18)27)12-19-21(28)25(16-9-5-2-6-10-16)22(31-19)24-15-7-3-1-4-8-15/h11-13,15-16,27H,1-10H2. The topological polar surface area (TPSA) is 96.0 Å². The second-order valence-electron chi connectivity index (χ2n) is 8.40. The SMILES string of the molecule is O=C1C(=Cc2cc([N+](=O)[O-])cc(I)c2O)SC(=NC2CCCCC2)N1C1CCCCC1. The summed E-state index contributed by atoms with van der Waals surface area (Å²) in [5.41, 5.74) is 0.182. The number of halogens is 1. The second-order valence-corrected chi connectivity index (χ2v) is 10.6. The quantitative estimate of drug-likeness (QED) is 0.218. The average molecular weight is 555 g/mol. The molecule has 1 aromatic carbocycles. The van der Waals surface area contributed by atoms with Gasteiger partial charge < -0.3 is 5.11 Å². The minimum Gasteiger partial charge on any atom is -0.506 e. The number of hydrogen-bond donors (Lipinski definition) is 1. The van der Waals surface area contributed by atoms with Crippen LogP contribution >= 0.6 is 34.4 Å². The van der Waals surface area contributed by atoms with Crippen molar-refractivity contribution < 1.29 is 14.8 Å². The van der Waals surface area contributed by atoms with Crippen LogP contribution in [0.2, 0.25) is 0 Å². The van der Waals surface area contributed by atoms with E-state index in [0.29, 0.717) is 8.48 Å². The number of carbonyl (C=O) groups excluding carboxylic acids is 1. The molecule has 1 saturated heterocycles. The summed E-state index contributed by atoms with van der Waals surface area (Å²) in [6.45, 7) is 0. The molecule has 1 aromatic rings. The molecule has 1 N–H and O–H groups in total. The molecule has 31 heavy (non-hydrogen) atoms. The van der Waals surface area contributed by atoms with Crippen molar-refractivity contribution in [3.63, 3.8) is 0 Å². The van der Waals surface area contributed by atoms with Gasteiger partial charge in [0.15, 0.2) is 5.17 Å². The first-order valence-electron chi connectivity index (χ1n) is 10.9. The highest BCUT2D eigenvalue weighted by molar-refractivity contribution is 14.1. The van der Waals surface area contributed by atoms with Crippen molar-refractivity contribution in [2.45, 2.75) is 76.3 Å². The van der Waals surface area contributed by atoms with Crippen LogP contribution in [0.3, 0.4) is 0 Å². The van der Waals surface area contributed by atoms with Gasteiger partial charge in [-0.15, -0.1) is 0 Å². The molecule has 1 heterocycles. The van der Waals surface area contributed by atoms with Crippen LogP contribution in [0.4, 0.5) is 5.69 Å². The summed E-state index contributed by atoms with van der Waals surface area (Å²) in [6, 6.07) is 3.05. The highest BCUT2D eigenvalue weighted by atomic mass is 127. The van der Waals surface area contributed by atoms with Gasteiger partial charge in [-0.2, -0.15) is 0 Å². The predicted molar refractivity (Wildman–Crippen MR) is 131 cm³/mol. The number of phenolic OH excluding ortho intramolecular Hbond substituents is 1. The van der Waals surface area contributed by atoms with E-state index in [1.807, 2.05) is 27.5 Å². The third kappa shape index (κ3) is 5.08. The van der Waals surface area contributed by atoms with Crippen LogP contribution < -0.4 is 0 Å². The van der Waals surface area contributed by atoms with Crippen molar-refractivity contribution in [3.8, 4) is 5.75 Å². The zero-order chi connectivity index (χ0) is 22.0. The molecule has 0 bridgehead atoms. The predicted octanol–water partition coefficient (Wildman–Crippen LogP) is 5.84. The molecule has 2 saturated carbocycles. The fraction of sp³-hybridized carbons (Fsp3) is 0.545. The monoisotopic (exact) mass is 555 g/mol. The molecule has 0 radical (unpaired) electrons. The Balaban J connectivity index is 1.69. The average Bonchev–Trinajstić information content (AvgIpc) is 3.07. The van der Waals surface area contributed by atoms with Crippen molar-refractivity contribution in [1.82, 2.24) is 4.90 Å². The largest absolute Gasteiger partial charge is 0.506 e. The third-order valence-electron chi connectivity index (χ3n) is 6.22. The number of nitrogens with zero attached hydrogens (tertiary/aromatic N) is 3. The van der Waals surface area contributed by atoms with Gasteiger partial charge in [0, 0.05) is 23.7 Å². The number of amidine groups is 1. The van der Waals surface area contributed by atoms with Crippen molar-refractivity contribution in [2.24, 2.45) is 4.99 Å². The van der Waals surface area contributed by atoms with Crippen LogP contribution in [0.5, 0.6) is 5.75 Å². The molecule has 1 amide bonds. The van der Waals surface area contributed by atoms with E-state index >= 15 is 0 Å². The zero-order valence-electron chi connectivity index (χ0n) is 17.3. The number of nitro benzene ring substituents is 1. The maximum Gasteiger partial charge on any atom is 0.271 e. The third-order valence-corrected chi connectivity index (χ3v) is 8.04. The van der Waals surface area contributed by atoms with Crippen LogP contribution in [0.25, 0.3) is 6.08 Å². The molecule has 0 unspecified atom stereocenters. The molecule has 1 aliphatic heterocycles. The van der Waals surface area contributed by atoms with E-state index in [0.717, 1.165) is 43.7 Å². The van der Waals surface area contributed by atoms with E-state index in [1.165, 1.54) is 49.6 Å². The highest BCUT2D eigenvalue weighted by Gasteiger charge is 2.39. The Kier molecular flexibility index (Phi) is 7.20. The van der Waals surface area contributed by atoms with Crippen molar-refractivity contribution >= 4 is 57.2 Å². The van der Waals surface area contributed by atoms with Crippen LogP contribution in [-0.4, -0.2) is 38.1 Å². The van der Waals surface area contributed by atoms with Gasteiger partial charge in [-0.3, -0.25) is 24.8 Å². The Morgan fingerprint density at radius 1 is 1.13 bits per heavy atom. The van der Waals surface area contributed by atoms with E-state index in [1.54, 1.807) is 6.08 Å². The van der Waals surface area contributed by atoms with E-state index in [2.05, 4.69) is 0 Å². The Morgan fingerprint density at radius 2 is 1.77 bits per heavy atom. The molecule has 4 rings (SSSR count). The van der Waals surface area contributed by atoms with Crippen molar-refractivity contribution in [3.05, 3.63) is 36.3 Å². The Morgan fingerprint density at radius 3 is 2.42 bits per heavy atom. The van der Waals surface area contributed by atoms with Gasteiger partial charge in [-0.05, 0) is 66.1 Å². The molecule has 2 aliphatic carbocycles. The number of non-ortho nitro benzene ring substituents is 1. The minimum atomic E-state index is -0.489. The fourth-order valence-corrected chi connectivity index (χ4v) is 6.30. The van der Waals surface area contributed by atoms with E-state index < -0.39 is 4.92 Å². The molecule has 0 aromatic heterocycles. The van der Waals surface area contributed by atoms with Gasteiger partial charge in [0.1, 0.15) is 5.75 Å². The number of phenols is 1. The number of amides is 1. The van der Waals surface area contributed by atoms with Gasteiger partial charge in [-0.1, -0.05) is 38.5 Å².